The van der Waals surface area contributed by atoms with Crippen molar-refractivity contribution in [3.8, 4) is 0 Å². The fourth-order valence-electron chi connectivity index (χ4n) is 3.02. The molecule has 0 radical (unpaired) electrons. The lowest BCUT2D eigenvalue weighted by atomic mass is 10.0. The van der Waals surface area contributed by atoms with Crippen LogP contribution in [-0.2, 0) is 14.8 Å². The van der Waals surface area contributed by atoms with Crippen LogP contribution < -0.4 is 10.0 Å². The molecule has 1 atom stereocenters. The highest BCUT2D eigenvalue weighted by Gasteiger charge is 2.28. The van der Waals surface area contributed by atoms with Crippen molar-refractivity contribution in [2.45, 2.75) is 69.9 Å². The first-order valence-electron chi connectivity index (χ1n) is 8.67. The fourth-order valence-corrected chi connectivity index (χ4v) is 4.23. The molecule has 5 nitrogen and oxygen atoms in total. The second-order valence-corrected chi connectivity index (χ2v) is 8.82. The van der Waals surface area contributed by atoms with Gasteiger partial charge in [0.05, 0.1) is 4.90 Å². The number of sulfonamides is 1. The molecule has 1 unspecified atom stereocenters. The molecular weight excluding hydrogens is 324 g/mol. The minimum Gasteiger partial charge on any atom is -0.352 e. The van der Waals surface area contributed by atoms with Crippen molar-refractivity contribution in [2.24, 2.45) is 5.92 Å². The van der Waals surface area contributed by atoms with Gasteiger partial charge in [-0.15, -0.1) is 0 Å². The molecule has 0 saturated heterocycles. The van der Waals surface area contributed by atoms with E-state index in [9.17, 15) is 13.2 Å². The molecular formula is C18H28N2O3S. The van der Waals surface area contributed by atoms with Gasteiger partial charge in [0.15, 0.2) is 0 Å². The van der Waals surface area contributed by atoms with E-state index in [1.807, 2.05) is 20.8 Å². The summed E-state index contributed by atoms with van der Waals surface area (Å²) >= 11 is 0. The van der Waals surface area contributed by atoms with E-state index < -0.39 is 16.1 Å². The quantitative estimate of drug-likeness (QED) is 0.792. The number of rotatable bonds is 7. The minimum absolute atomic E-state index is 0.177. The Labute approximate surface area is 145 Å². The average molecular weight is 353 g/mol. The Bertz CT molecular complexity index is 647. The number of nitrogens with one attached hydrogen (secondary N) is 2. The Morgan fingerprint density at radius 1 is 1.17 bits per heavy atom. The first kappa shape index (κ1) is 18.9. The van der Waals surface area contributed by atoms with Crippen LogP contribution in [0, 0.1) is 12.8 Å². The molecule has 0 aromatic heterocycles. The monoisotopic (exact) mass is 352 g/mol. The van der Waals surface area contributed by atoms with Gasteiger partial charge in [0.2, 0.25) is 15.9 Å². The Balaban J connectivity index is 2.11. The third-order valence-electron chi connectivity index (χ3n) is 4.35. The summed E-state index contributed by atoms with van der Waals surface area (Å²) in [7, 11) is -3.71. The van der Waals surface area contributed by atoms with Gasteiger partial charge in [-0.05, 0) is 44.2 Å². The predicted molar refractivity (Wildman–Crippen MR) is 95.1 cm³/mol. The van der Waals surface area contributed by atoms with Crippen LogP contribution in [-0.4, -0.2) is 26.4 Å². The lowest BCUT2D eigenvalue weighted by Gasteiger charge is -2.22. The van der Waals surface area contributed by atoms with Gasteiger partial charge in [0, 0.05) is 6.04 Å². The molecule has 2 rings (SSSR count). The van der Waals surface area contributed by atoms with Gasteiger partial charge >= 0.3 is 0 Å². The number of hydrogen-bond acceptors (Lipinski definition) is 3. The molecule has 1 aromatic carbocycles. The van der Waals surface area contributed by atoms with Crippen LogP contribution in [0.5, 0.6) is 0 Å². The summed E-state index contributed by atoms with van der Waals surface area (Å²) in [6.07, 6.45) is 4.67. The summed E-state index contributed by atoms with van der Waals surface area (Å²) in [6, 6.07) is 6.08. The lowest BCUT2D eigenvalue weighted by Crippen LogP contribution is -2.49. The third kappa shape index (κ3) is 5.31. The Hall–Kier alpha value is -1.40. The first-order valence-corrected chi connectivity index (χ1v) is 10.2. The molecule has 0 aliphatic heterocycles. The summed E-state index contributed by atoms with van der Waals surface area (Å²) in [5, 5.41) is 3.00. The van der Waals surface area contributed by atoms with E-state index in [0.29, 0.717) is 6.42 Å². The summed E-state index contributed by atoms with van der Waals surface area (Å²) in [5.74, 6) is -0.00340. The molecule has 1 saturated carbocycles. The topological polar surface area (TPSA) is 75.3 Å². The smallest absolute Gasteiger partial charge is 0.241 e. The molecule has 0 heterocycles. The second kappa shape index (κ2) is 8.12. The van der Waals surface area contributed by atoms with E-state index in [0.717, 1.165) is 31.2 Å². The second-order valence-electron chi connectivity index (χ2n) is 7.11. The highest BCUT2D eigenvalue weighted by Crippen LogP contribution is 2.19. The number of hydrogen-bond donors (Lipinski definition) is 2. The summed E-state index contributed by atoms with van der Waals surface area (Å²) in [5.41, 5.74) is 0.992. The maximum atomic E-state index is 12.6. The molecule has 1 aliphatic rings. The van der Waals surface area contributed by atoms with E-state index in [-0.39, 0.29) is 22.8 Å². The van der Waals surface area contributed by atoms with Crippen molar-refractivity contribution < 1.29 is 13.2 Å². The van der Waals surface area contributed by atoms with Crippen molar-refractivity contribution in [1.82, 2.24) is 10.0 Å². The molecule has 1 aliphatic carbocycles. The predicted octanol–water partition coefficient (Wildman–Crippen LogP) is 2.75. The lowest BCUT2D eigenvalue weighted by molar-refractivity contribution is -0.123. The molecule has 1 amide bonds. The van der Waals surface area contributed by atoms with Gasteiger partial charge in [-0.3, -0.25) is 4.79 Å². The number of carbonyl (C=O) groups excluding carboxylic acids is 1. The zero-order valence-corrected chi connectivity index (χ0v) is 15.5. The van der Waals surface area contributed by atoms with Crippen LogP contribution in [0.15, 0.2) is 29.2 Å². The summed E-state index contributed by atoms with van der Waals surface area (Å²) in [4.78, 5) is 12.8. The normalized spacial score (nSPS) is 17.2. The Kier molecular flexibility index (Phi) is 6.40. The van der Waals surface area contributed by atoms with Gasteiger partial charge in [0.25, 0.3) is 0 Å². The highest BCUT2D eigenvalue weighted by atomic mass is 32.2. The minimum atomic E-state index is -3.71. The van der Waals surface area contributed by atoms with Gasteiger partial charge in [-0.1, -0.05) is 44.4 Å². The van der Waals surface area contributed by atoms with Gasteiger partial charge in [-0.2, -0.15) is 4.72 Å². The largest absolute Gasteiger partial charge is 0.352 e. The van der Waals surface area contributed by atoms with Gasteiger partial charge < -0.3 is 5.32 Å². The maximum Gasteiger partial charge on any atom is 0.241 e. The number of aryl methyl sites for hydroxylation is 1. The number of amides is 1. The third-order valence-corrected chi connectivity index (χ3v) is 5.84. The SMILES string of the molecule is Cc1ccc(S(=O)(=O)NC(CC(C)C)C(=O)NC2CCCC2)cc1. The molecule has 0 bridgehead atoms. The van der Waals surface area contributed by atoms with Gasteiger partial charge in [-0.25, -0.2) is 8.42 Å². The van der Waals surface area contributed by atoms with E-state index in [2.05, 4.69) is 10.0 Å². The molecule has 134 valence electrons. The first-order chi connectivity index (χ1) is 11.3. The van der Waals surface area contributed by atoms with Crippen molar-refractivity contribution in [3.63, 3.8) is 0 Å². The highest BCUT2D eigenvalue weighted by molar-refractivity contribution is 7.89. The standard InChI is InChI=1S/C18H28N2O3S/c1-13(2)12-17(18(21)19-15-6-4-5-7-15)20-24(22,23)16-10-8-14(3)9-11-16/h8-11,13,15,17,20H,4-7,12H2,1-3H3,(H,19,21). The Morgan fingerprint density at radius 3 is 2.29 bits per heavy atom. The average Bonchev–Trinajstić information content (AvgIpc) is 2.99. The fraction of sp³-hybridized carbons (Fsp3) is 0.611. The van der Waals surface area contributed by atoms with Crippen molar-refractivity contribution in [1.29, 1.82) is 0 Å². The molecule has 1 aromatic rings. The van der Waals surface area contributed by atoms with E-state index in [4.69, 9.17) is 0 Å². The van der Waals surface area contributed by atoms with Gasteiger partial charge in [0.1, 0.15) is 6.04 Å². The molecule has 6 heteroatoms. The van der Waals surface area contributed by atoms with Crippen LogP contribution in [0.4, 0.5) is 0 Å². The van der Waals surface area contributed by atoms with Crippen molar-refractivity contribution in [3.05, 3.63) is 29.8 Å². The molecule has 24 heavy (non-hydrogen) atoms. The molecule has 0 spiro atoms. The van der Waals surface area contributed by atoms with E-state index >= 15 is 0 Å². The number of benzene rings is 1. The van der Waals surface area contributed by atoms with E-state index in [1.54, 1.807) is 24.3 Å². The van der Waals surface area contributed by atoms with E-state index in [1.165, 1.54) is 0 Å². The van der Waals surface area contributed by atoms with Crippen molar-refractivity contribution in [2.75, 3.05) is 0 Å². The Morgan fingerprint density at radius 2 is 1.75 bits per heavy atom. The molecule has 2 N–H and O–H groups in total. The zero-order valence-electron chi connectivity index (χ0n) is 14.7. The van der Waals surface area contributed by atoms with Crippen LogP contribution in [0.1, 0.15) is 51.5 Å². The maximum absolute atomic E-state index is 12.6. The molecule has 1 fully saturated rings. The summed E-state index contributed by atoms with van der Waals surface area (Å²) in [6.45, 7) is 5.87. The number of carbonyl (C=O) groups is 1. The van der Waals surface area contributed by atoms with Crippen LogP contribution in [0.3, 0.4) is 0 Å². The summed E-state index contributed by atoms with van der Waals surface area (Å²) < 4.78 is 27.8. The van der Waals surface area contributed by atoms with Crippen LogP contribution in [0.25, 0.3) is 0 Å². The zero-order chi connectivity index (χ0) is 17.7. The van der Waals surface area contributed by atoms with Crippen molar-refractivity contribution >= 4 is 15.9 Å². The van der Waals surface area contributed by atoms with Crippen LogP contribution in [0.2, 0.25) is 0 Å². The van der Waals surface area contributed by atoms with Crippen LogP contribution >= 0.6 is 0 Å².